The molecule has 0 saturated heterocycles. The maximum Gasteiger partial charge on any atom is 0.408 e. The number of hydrogen-bond donors (Lipinski definition) is 6. The number of alkyl carbamates (subject to hydrolysis) is 1. The number of benzene rings is 2. The fraction of sp³-hybridized carbons (Fsp3) is 0.483. The average Bonchev–Trinajstić information content (AvgIpc) is 2.85. The molecule has 11 nitrogen and oxygen atoms in total. The normalized spacial score (nSPS) is 13.6. The number of guanidine groups is 1. The van der Waals surface area contributed by atoms with Gasteiger partial charge in [-0.05, 0) is 88.3 Å². The van der Waals surface area contributed by atoms with E-state index in [1.54, 1.807) is 32.9 Å². The summed E-state index contributed by atoms with van der Waals surface area (Å²) in [5.74, 6) is -0.473. The van der Waals surface area contributed by atoms with Gasteiger partial charge >= 0.3 is 6.09 Å². The van der Waals surface area contributed by atoms with Crippen LogP contribution < -0.4 is 22.1 Å². The summed E-state index contributed by atoms with van der Waals surface area (Å²) < 4.78 is 11.1. The van der Waals surface area contributed by atoms with E-state index in [1.165, 1.54) is 0 Å². The Labute approximate surface area is 236 Å². The Morgan fingerprint density at radius 3 is 2.25 bits per heavy atom. The van der Waals surface area contributed by atoms with Gasteiger partial charge in [0.2, 0.25) is 5.91 Å². The van der Waals surface area contributed by atoms with Crippen LogP contribution in [0, 0.1) is 13.8 Å². The number of aliphatic hydroxyl groups excluding tert-OH is 1. The van der Waals surface area contributed by atoms with Crippen molar-refractivity contribution in [3.05, 3.63) is 64.7 Å². The molecule has 0 saturated carbocycles. The van der Waals surface area contributed by atoms with E-state index in [-0.39, 0.29) is 37.7 Å². The van der Waals surface area contributed by atoms with Gasteiger partial charge in [0.1, 0.15) is 17.4 Å². The zero-order valence-corrected chi connectivity index (χ0v) is 23.9. The van der Waals surface area contributed by atoms with E-state index in [0.29, 0.717) is 6.42 Å². The monoisotopic (exact) mass is 557 g/mol. The Hall–Kier alpha value is -3.83. The molecule has 3 atom stereocenters. The second-order valence-corrected chi connectivity index (χ2v) is 10.7. The first-order valence-electron chi connectivity index (χ1n) is 13.2. The van der Waals surface area contributed by atoms with E-state index in [0.717, 1.165) is 22.3 Å². The van der Waals surface area contributed by atoms with Gasteiger partial charge in [-0.25, -0.2) is 4.79 Å². The first-order chi connectivity index (χ1) is 18.7. The summed E-state index contributed by atoms with van der Waals surface area (Å²) in [5.41, 5.74) is 13.3. The molecule has 0 heterocycles. The number of amides is 2. The van der Waals surface area contributed by atoms with E-state index in [2.05, 4.69) is 15.6 Å². The van der Waals surface area contributed by atoms with Crippen LogP contribution >= 0.6 is 0 Å². The number of phenols is 1. The number of nitrogens with two attached hydrogens (primary N) is 2. The molecule has 0 spiro atoms. The minimum absolute atomic E-state index is 0.0699. The number of aliphatic hydroxyl groups is 1. The summed E-state index contributed by atoms with van der Waals surface area (Å²) in [5, 5.41) is 26.5. The van der Waals surface area contributed by atoms with Gasteiger partial charge in [0.25, 0.3) is 0 Å². The van der Waals surface area contributed by atoms with Crippen molar-refractivity contribution in [2.45, 2.75) is 84.5 Å². The number of nitrogens with zero attached hydrogens (tertiary/aromatic N) is 1. The van der Waals surface area contributed by atoms with Crippen molar-refractivity contribution in [1.29, 1.82) is 0 Å². The van der Waals surface area contributed by atoms with E-state index >= 15 is 0 Å². The van der Waals surface area contributed by atoms with Crippen molar-refractivity contribution in [3.8, 4) is 5.75 Å². The van der Waals surface area contributed by atoms with Crippen molar-refractivity contribution >= 4 is 18.0 Å². The lowest BCUT2D eigenvalue weighted by Gasteiger charge is -2.28. The second-order valence-electron chi connectivity index (χ2n) is 10.7. The quantitative estimate of drug-likeness (QED) is 0.0940. The molecule has 0 bridgehead atoms. The minimum atomic E-state index is -1.37. The van der Waals surface area contributed by atoms with Crippen LogP contribution in [0.3, 0.4) is 0 Å². The molecule has 220 valence electrons. The number of carbonyl (C=O) groups excluding carboxylic acids is 2. The lowest BCUT2D eigenvalue weighted by atomic mass is 9.95. The molecule has 2 rings (SSSR count). The van der Waals surface area contributed by atoms with Gasteiger partial charge in [-0.2, -0.15) is 0 Å². The Bertz CT molecular complexity index is 1120. The van der Waals surface area contributed by atoms with Crippen molar-refractivity contribution in [2.24, 2.45) is 16.5 Å². The van der Waals surface area contributed by atoms with Gasteiger partial charge in [-0.3, -0.25) is 9.79 Å². The Morgan fingerprint density at radius 2 is 1.68 bits per heavy atom. The number of aliphatic imine (C=N–C) groups is 1. The molecule has 8 N–H and O–H groups in total. The van der Waals surface area contributed by atoms with Gasteiger partial charge in [-0.15, -0.1) is 0 Å². The zero-order chi connectivity index (χ0) is 29.9. The number of phenolic OH excluding ortho intramolecular Hbond substituents is 1. The van der Waals surface area contributed by atoms with E-state index in [9.17, 15) is 19.8 Å². The Balaban J connectivity index is 2.27. The van der Waals surface area contributed by atoms with Crippen molar-refractivity contribution in [1.82, 2.24) is 10.6 Å². The fourth-order valence-electron chi connectivity index (χ4n) is 4.11. The zero-order valence-electron chi connectivity index (χ0n) is 23.9. The van der Waals surface area contributed by atoms with E-state index in [1.807, 2.05) is 44.2 Å². The third-order valence-electron chi connectivity index (χ3n) is 5.99. The van der Waals surface area contributed by atoms with Gasteiger partial charge in [0, 0.05) is 6.54 Å². The summed E-state index contributed by atoms with van der Waals surface area (Å²) in [4.78, 5) is 30.0. The third kappa shape index (κ3) is 11.5. The summed E-state index contributed by atoms with van der Waals surface area (Å²) in [6.45, 7) is 9.24. The summed E-state index contributed by atoms with van der Waals surface area (Å²) in [7, 11) is 0. The fourth-order valence-corrected chi connectivity index (χ4v) is 4.11. The second kappa shape index (κ2) is 15.1. The minimum Gasteiger partial charge on any atom is -0.508 e. The van der Waals surface area contributed by atoms with E-state index in [4.69, 9.17) is 20.9 Å². The first kappa shape index (κ1) is 32.4. The topological polar surface area (TPSA) is 182 Å². The highest BCUT2D eigenvalue weighted by molar-refractivity contribution is 5.86. The van der Waals surface area contributed by atoms with Crippen molar-refractivity contribution < 1.29 is 29.3 Å². The van der Waals surface area contributed by atoms with Gasteiger partial charge in [-0.1, -0.05) is 30.3 Å². The number of aromatic hydroxyl groups is 1. The predicted octanol–water partition coefficient (Wildman–Crippen LogP) is 2.52. The lowest BCUT2D eigenvalue weighted by Crippen LogP contribution is -2.54. The number of hydrogen-bond acceptors (Lipinski definition) is 7. The summed E-state index contributed by atoms with van der Waals surface area (Å²) in [6, 6.07) is 10.7. The molecule has 0 radical (unpaired) electrons. The van der Waals surface area contributed by atoms with Crippen LogP contribution in [0.2, 0.25) is 0 Å². The molecule has 0 aromatic heterocycles. The van der Waals surface area contributed by atoms with Crippen LogP contribution in [-0.2, 0) is 27.3 Å². The molecule has 2 amide bonds. The molecule has 40 heavy (non-hydrogen) atoms. The first-order valence-corrected chi connectivity index (χ1v) is 13.2. The Kier molecular flexibility index (Phi) is 12.2. The smallest absolute Gasteiger partial charge is 0.408 e. The van der Waals surface area contributed by atoms with Crippen LogP contribution in [0.1, 0.15) is 55.9 Å². The third-order valence-corrected chi connectivity index (χ3v) is 5.99. The standard InChI is InChI=1S/C29H43N5O6/c1-18-14-21(35)15-19(2)22(18)16-24(26(37)39-17-20-10-7-6-8-11-20)33-25(36)23(12-9-13-32-27(30)31)34-28(38)40-29(3,4)5/h6-8,10-11,14-15,23-24,26,35,37H,9,12-13,16-17H2,1-5H3,(H,33,36)(H,34,38)(H4,30,31,32)/t23-,24+,26?/m1/s1. The molecular formula is C29H43N5O6. The van der Waals surface area contributed by atoms with Gasteiger partial charge < -0.3 is 41.8 Å². The van der Waals surface area contributed by atoms with Crippen LogP contribution in [-0.4, -0.2) is 58.7 Å². The average molecular weight is 558 g/mol. The van der Waals surface area contributed by atoms with Crippen LogP contribution in [0.25, 0.3) is 0 Å². The van der Waals surface area contributed by atoms with Crippen molar-refractivity contribution in [2.75, 3.05) is 6.54 Å². The van der Waals surface area contributed by atoms with Crippen LogP contribution in [0.15, 0.2) is 47.5 Å². The number of ether oxygens (including phenoxy) is 2. The number of carbonyl (C=O) groups is 2. The molecule has 2 aromatic rings. The van der Waals surface area contributed by atoms with Gasteiger partial charge in [0.15, 0.2) is 12.2 Å². The molecular weight excluding hydrogens is 514 g/mol. The predicted molar refractivity (Wildman–Crippen MR) is 154 cm³/mol. The van der Waals surface area contributed by atoms with Crippen molar-refractivity contribution in [3.63, 3.8) is 0 Å². The molecule has 11 heteroatoms. The number of rotatable bonds is 13. The summed E-state index contributed by atoms with van der Waals surface area (Å²) in [6.07, 6.45) is -1.29. The van der Waals surface area contributed by atoms with Crippen LogP contribution in [0.5, 0.6) is 5.75 Å². The Morgan fingerprint density at radius 1 is 1.05 bits per heavy atom. The highest BCUT2D eigenvalue weighted by atomic mass is 16.6. The molecule has 1 unspecified atom stereocenters. The number of nitrogens with one attached hydrogen (secondary N) is 2. The highest BCUT2D eigenvalue weighted by Crippen LogP contribution is 2.23. The lowest BCUT2D eigenvalue weighted by molar-refractivity contribution is -0.141. The highest BCUT2D eigenvalue weighted by Gasteiger charge is 2.29. The van der Waals surface area contributed by atoms with E-state index < -0.39 is 36.0 Å². The molecule has 0 aliphatic heterocycles. The summed E-state index contributed by atoms with van der Waals surface area (Å²) >= 11 is 0. The number of aryl methyl sites for hydroxylation is 2. The molecule has 0 fully saturated rings. The largest absolute Gasteiger partial charge is 0.508 e. The molecule has 0 aliphatic carbocycles. The molecule has 0 aliphatic rings. The maximum atomic E-state index is 13.5. The van der Waals surface area contributed by atoms with Gasteiger partial charge in [0.05, 0.1) is 12.6 Å². The SMILES string of the molecule is Cc1cc(O)cc(C)c1C[C@H](NC(=O)[C@@H](CCCN=C(N)N)NC(=O)OC(C)(C)C)C(O)OCc1ccccc1. The molecule has 2 aromatic carbocycles. The maximum absolute atomic E-state index is 13.5. The van der Waals surface area contributed by atoms with Crippen LogP contribution in [0.4, 0.5) is 4.79 Å².